The zero-order valence-electron chi connectivity index (χ0n) is 17.9. The first kappa shape index (κ1) is 22.5. The lowest BCUT2D eigenvalue weighted by Gasteiger charge is -2.25. The molecule has 0 saturated heterocycles. The summed E-state index contributed by atoms with van der Waals surface area (Å²) in [6, 6.07) is 11.7. The van der Waals surface area contributed by atoms with Gasteiger partial charge < -0.3 is 0 Å². The van der Waals surface area contributed by atoms with Gasteiger partial charge in [-0.25, -0.2) is 5.43 Å². The van der Waals surface area contributed by atoms with Crippen LogP contribution in [-0.2, 0) is 4.79 Å². The van der Waals surface area contributed by atoms with Crippen molar-refractivity contribution in [3.05, 3.63) is 59.4 Å². The van der Waals surface area contributed by atoms with E-state index in [2.05, 4.69) is 30.3 Å². The van der Waals surface area contributed by atoms with Crippen LogP contribution in [0.1, 0.15) is 50.6 Å². The highest BCUT2D eigenvalue weighted by Crippen LogP contribution is 2.35. The lowest BCUT2D eigenvalue weighted by Crippen LogP contribution is -2.22. The highest BCUT2D eigenvalue weighted by atomic mass is 35.5. The smallest absolute Gasteiger partial charge is 0.250 e. The second-order valence-electron chi connectivity index (χ2n) is 7.74. The molecular weight excluding hydrogens is 444 g/mol. The molecule has 1 aliphatic rings. The third kappa shape index (κ3) is 5.55. The zero-order valence-corrected chi connectivity index (χ0v) is 19.4. The molecule has 2 heterocycles. The second-order valence-corrected chi connectivity index (χ2v) is 9.12. The third-order valence-corrected chi connectivity index (χ3v) is 6.66. The number of nitrogens with one attached hydrogen (secondary N) is 1. The van der Waals surface area contributed by atoms with Crippen molar-refractivity contribution in [1.29, 1.82) is 0 Å². The first-order chi connectivity index (χ1) is 15.6. The summed E-state index contributed by atoms with van der Waals surface area (Å²) < 4.78 is 2.20. The number of pyridine rings is 1. The van der Waals surface area contributed by atoms with Crippen molar-refractivity contribution in [1.82, 2.24) is 25.2 Å². The number of carbonyl (C=O) groups is 1. The van der Waals surface area contributed by atoms with E-state index in [1.54, 1.807) is 12.4 Å². The van der Waals surface area contributed by atoms with Crippen molar-refractivity contribution < 1.29 is 4.79 Å². The van der Waals surface area contributed by atoms with E-state index in [1.165, 1.54) is 31.0 Å². The van der Waals surface area contributed by atoms with E-state index in [1.807, 2.05) is 43.3 Å². The molecule has 0 spiro atoms. The summed E-state index contributed by atoms with van der Waals surface area (Å²) in [6.07, 6.45) is 9.23. The summed E-state index contributed by atoms with van der Waals surface area (Å²) in [6.45, 7) is 1.84. The van der Waals surface area contributed by atoms with Crippen molar-refractivity contribution in [3.8, 4) is 11.4 Å². The van der Waals surface area contributed by atoms with Crippen LogP contribution in [0.5, 0.6) is 0 Å². The molecule has 9 heteroatoms. The normalized spacial score (nSPS) is 15.0. The number of nitrogens with zero attached hydrogens (tertiary/aromatic N) is 5. The Labute approximate surface area is 196 Å². The molecule has 0 aliphatic heterocycles. The van der Waals surface area contributed by atoms with E-state index < -0.39 is 0 Å². The number of halogens is 1. The van der Waals surface area contributed by atoms with Gasteiger partial charge in [0.15, 0.2) is 11.0 Å². The Morgan fingerprint density at radius 3 is 2.69 bits per heavy atom. The van der Waals surface area contributed by atoms with Crippen LogP contribution in [0, 0.1) is 0 Å². The maximum absolute atomic E-state index is 12.4. The minimum absolute atomic E-state index is 0.190. The summed E-state index contributed by atoms with van der Waals surface area (Å²) in [5, 5.41) is 14.5. The van der Waals surface area contributed by atoms with Crippen LogP contribution in [0.15, 0.2) is 59.0 Å². The van der Waals surface area contributed by atoms with Crippen molar-refractivity contribution in [2.24, 2.45) is 5.10 Å². The van der Waals surface area contributed by atoms with Crippen LogP contribution >= 0.6 is 23.4 Å². The average Bonchev–Trinajstić information content (AvgIpc) is 3.26. The van der Waals surface area contributed by atoms with Crippen LogP contribution in [0.3, 0.4) is 0 Å². The number of thioether (sulfide) groups is 1. The summed E-state index contributed by atoms with van der Waals surface area (Å²) in [5.74, 6) is 0.835. The Morgan fingerprint density at radius 1 is 1.19 bits per heavy atom. The van der Waals surface area contributed by atoms with Crippen LogP contribution in [-0.4, -0.2) is 37.1 Å². The van der Waals surface area contributed by atoms with Gasteiger partial charge in [0.2, 0.25) is 0 Å². The van der Waals surface area contributed by atoms with Crippen molar-refractivity contribution in [3.63, 3.8) is 0 Å². The first-order valence-corrected chi connectivity index (χ1v) is 12.1. The lowest BCUT2D eigenvalue weighted by molar-refractivity contribution is -0.118. The van der Waals surface area contributed by atoms with Crippen LogP contribution in [0.2, 0.25) is 5.02 Å². The minimum atomic E-state index is -0.190. The Kier molecular flexibility index (Phi) is 7.55. The molecule has 7 nitrogen and oxygen atoms in total. The predicted octanol–water partition coefficient (Wildman–Crippen LogP) is 5.13. The van der Waals surface area contributed by atoms with Gasteiger partial charge in [-0.2, -0.15) is 5.10 Å². The van der Waals surface area contributed by atoms with Crippen molar-refractivity contribution in [2.45, 2.75) is 50.2 Å². The number of aromatic nitrogens is 4. The van der Waals surface area contributed by atoms with Crippen molar-refractivity contribution in [2.75, 3.05) is 5.75 Å². The number of benzene rings is 1. The van der Waals surface area contributed by atoms with Gasteiger partial charge >= 0.3 is 0 Å². The summed E-state index contributed by atoms with van der Waals surface area (Å²) in [4.78, 5) is 16.5. The van der Waals surface area contributed by atoms with E-state index >= 15 is 0 Å². The number of hydrogen-bond donors (Lipinski definition) is 1. The maximum atomic E-state index is 12.4. The molecule has 3 aromatic rings. The van der Waals surface area contributed by atoms with E-state index in [4.69, 9.17) is 11.6 Å². The highest BCUT2D eigenvalue weighted by molar-refractivity contribution is 7.99. The SMILES string of the molecule is C/C(=N\NC(=O)CSc1nnc(-c2ccc(Cl)cc2)n1C1CCCCC1)c1cccnc1. The van der Waals surface area contributed by atoms with Gasteiger partial charge in [0.05, 0.1) is 11.5 Å². The first-order valence-electron chi connectivity index (χ1n) is 10.7. The second kappa shape index (κ2) is 10.7. The van der Waals surface area contributed by atoms with Gasteiger partial charge in [-0.1, -0.05) is 48.7 Å². The summed E-state index contributed by atoms with van der Waals surface area (Å²) >= 11 is 7.45. The van der Waals surface area contributed by atoms with Gasteiger partial charge in [-0.3, -0.25) is 14.3 Å². The molecule has 0 unspecified atom stereocenters. The van der Waals surface area contributed by atoms with Crippen LogP contribution in [0.4, 0.5) is 0 Å². The Hall–Kier alpha value is -2.71. The van der Waals surface area contributed by atoms with Gasteiger partial charge in [0.1, 0.15) is 0 Å². The van der Waals surface area contributed by atoms with E-state index in [0.717, 1.165) is 34.9 Å². The molecule has 0 bridgehead atoms. The van der Waals surface area contributed by atoms with E-state index in [0.29, 0.717) is 16.8 Å². The Balaban J connectivity index is 1.48. The summed E-state index contributed by atoms with van der Waals surface area (Å²) in [7, 11) is 0. The summed E-state index contributed by atoms with van der Waals surface area (Å²) in [5.41, 5.74) is 5.16. The standard InChI is InChI=1S/C23H25ClN6OS/c1-16(18-6-5-13-25-14-18)26-27-21(31)15-32-23-29-28-22(17-9-11-19(24)12-10-17)30(23)20-7-3-2-4-8-20/h5-6,9-14,20H,2-4,7-8,15H2,1H3,(H,27,31)/b26-16+. The molecule has 32 heavy (non-hydrogen) atoms. The Morgan fingerprint density at radius 2 is 1.97 bits per heavy atom. The molecule has 1 fully saturated rings. The van der Waals surface area contributed by atoms with Gasteiger partial charge in [-0.05, 0) is 50.1 Å². The monoisotopic (exact) mass is 468 g/mol. The van der Waals surface area contributed by atoms with Gasteiger partial charge in [0, 0.05) is 34.6 Å². The molecule has 4 rings (SSSR count). The topological polar surface area (TPSA) is 85.1 Å². The lowest BCUT2D eigenvalue weighted by atomic mass is 9.95. The molecule has 0 atom stereocenters. The number of carbonyl (C=O) groups excluding carboxylic acids is 1. The molecule has 1 amide bonds. The third-order valence-electron chi connectivity index (χ3n) is 5.47. The van der Waals surface area contributed by atoms with E-state index in [9.17, 15) is 4.79 Å². The van der Waals surface area contributed by atoms with Crippen LogP contribution < -0.4 is 5.43 Å². The molecule has 1 aromatic carbocycles. The number of hydrazone groups is 1. The molecule has 2 aromatic heterocycles. The van der Waals surface area contributed by atoms with Crippen molar-refractivity contribution >= 4 is 35.0 Å². The maximum Gasteiger partial charge on any atom is 0.250 e. The fraction of sp³-hybridized carbons (Fsp3) is 0.348. The zero-order chi connectivity index (χ0) is 22.3. The van der Waals surface area contributed by atoms with E-state index in [-0.39, 0.29) is 11.7 Å². The number of rotatable bonds is 7. The minimum Gasteiger partial charge on any atom is -0.299 e. The molecule has 1 saturated carbocycles. The molecule has 1 aliphatic carbocycles. The fourth-order valence-electron chi connectivity index (χ4n) is 3.79. The molecule has 166 valence electrons. The molecular formula is C23H25ClN6OS. The fourth-order valence-corrected chi connectivity index (χ4v) is 4.71. The Bertz CT molecular complexity index is 1080. The van der Waals surface area contributed by atoms with Gasteiger partial charge in [-0.15, -0.1) is 10.2 Å². The predicted molar refractivity (Wildman–Crippen MR) is 128 cm³/mol. The number of amides is 1. The largest absolute Gasteiger partial charge is 0.299 e. The average molecular weight is 469 g/mol. The molecule has 1 N–H and O–H groups in total. The quantitative estimate of drug-likeness (QED) is 0.295. The van der Waals surface area contributed by atoms with Gasteiger partial charge in [0.25, 0.3) is 5.91 Å². The molecule has 0 radical (unpaired) electrons. The number of hydrogen-bond acceptors (Lipinski definition) is 6. The van der Waals surface area contributed by atoms with Crippen LogP contribution in [0.25, 0.3) is 11.4 Å². The highest BCUT2D eigenvalue weighted by Gasteiger charge is 2.24.